The normalized spacial score (nSPS) is 22.5. The van der Waals surface area contributed by atoms with E-state index in [0.29, 0.717) is 16.7 Å². The van der Waals surface area contributed by atoms with Gasteiger partial charge in [-0.3, -0.25) is 0 Å². The van der Waals surface area contributed by atoms with Crippen LogP contribution >= 0.6 is 23.5 Å². The van der Waals surface area contributed by atoms with Crippen molar-refractivity contribution >= 4 is 39.2 Å². The van der Waals surface area contributed by atoms with Crippen LogP contribution in [0, 0.1) is 0 Å². The molecule has 4 nitrogen and oxygen atoms in total. The molecule has 0 saturated heterocycles. The van der Waals surface area contributed by atoms with Gasteiger partial charge in [0.05, 0.1) is 5.75 Å². The fourth-order valence-electron chi connectivity index (χ4n) is 2.51. The van der Waals surface area contributed by atoms with Gasteiger partial charge in [-0.25, -0.2) is 13.1 Å². The SMILES string of the molecule is CSC1CCCC1NS(=O)(=O)CCSc1ccccc1N. The van der Waals surface area contributed by atoms with E-state index in [9.17, 15) is 8.42 Å². The number of anilines is 1. The van der Waals surface area contributed by atoms with Crippen LogP contribution in [-0.2, 0) is 10.0 Å². The van der Waals surface area contributed by atoms with Crippen LogP contribution in [0.25, 0.3) is 0 Å². The van der Waals surface area contributed by atoms with Gasteiger partial charge in [-0.05, 0) is 31.2 Å². The Bertz CT molecular complexity index is 563. The monoisotopic (exact) mass is 346 g/mol. The fourth-order valence-corrected chi connectivity index (χ4v) is 6.23. The maximum absolute atomic E-state index is 12.2. The molecule has 0 bridgehead atoms. The molecule has 2 rings (SSSR count). The standard InChI is InChI=1S/C14H22N2O2S3/c1-19-14-8-4-6-12(14)16-21(17,18)10-9-20-13-7-3-2-5-11(13)15/h2-3,5,7,12,14,16H,4,6,8-10,15H2,1H3. The summed E-state index contributed by atoms with van der Waals surface area (Å²) in [5.74, 6) is 0.643. The molecule has 0 heterocycles. The Balaban J connectivity index is 1.83. The second-order valence-corrected chi connectivity index (χ2v) is 9.22. The first-order valence-corrected chi connectivity index (χ1v) is 10.9. The number of sulfonamides is 1. The molecule has 1 aliphatic carbocycles. The van der Waals surface area contributed by atoms with Crippen LogP contribution in [-0.4, -0.2) is 37.5 Å². The molecule has 1 aromatic rings. The summed E-state index contributed by atoms with van der Waals surface area (Å²) in [7, 11) is -3.22. The van der Waals surface area contributed by atoms with E-state index < -0.39 is 10.0 Å². The van der Waals surface area contributed by atoms with Gasteiger partial charge in [0.1, 0.15) is 0 Å². The number of rotatable bonds is 7. The van der Waals surface area contributed by atoms with Crippen molar-refractivity contribution in [1.29, 1.82) is 0 Å². The van der Waals surface area contributed by atoms with Crippen molar-refractivity contribution < 1.29 is 8.42 Å². The Morgan fingerprint density at radius 1 is 1.33 bits per heavy atom. The smallest absolute Gasteiger partial charge is 0.212 e. The van der Waals surface area contributed by atoms with E-state index in [0.717, 1.165) is 24.2 Å². The Morgan fingerprint density at radius 3 is 2.81 bits per heavy atom. The molecule has 3 N–H and O–H groups in total. The highest BCUT2D eigenvalue weighted by Crippen LogP contribution is 2.29. The van der Waals surface area contributed by atoms with E-state index in [1.807, 2.05) is 30.5 Å². The number of para-hydroxylation sites is 1. The molecular formula is C14H22N2O2S3. The van der Waals surface area contributed by atoms with E-state index >= 15 is 0 Å². The average molecular weight is 347 g/mol. The second kappa shape index (κ2) is 7.76. The lowest BCUT2D eigenvalue weighted by molar-refractivity contribution is 0.556. The lowest BCUT2D eigenvalue weighted by atomic mass is 10.3. The van der Waals surface area contributed by atoms with Crippen LogP contribution in [0.1, 0.15) is 19.3 Å². The summed E-state index contributed by atoms with van der Waals surface area (Å²) in [5, 5.41) is 0.414. The van der Waals surface area contributed by atoms with E-state index in [-0.39, 0.29) is 11.8 Å². The summed E-state index contributed by atoms with van der Waals surface area (Å²) >= 11 is 3.24. The number of nitrogens with two attached hydrogens (primary N) is 1. The summed E-state index contributed by atoms with van der Waals surface area (Å²) in [4.78, 5) is 0.940. The molecule has 1 fully saturated rings. The minimum atomic E-state index is -3.22. The fraction of sp³-hybridized carbons (Fsp3) is 0.571. The molecule has 2 atom stereocenters. The molecule has 0 spiro atoms. The summed E-state index contributed by atoms with van der Waals surface area (Å²) < 4.78 is 27.2. The molecule has 0 aliphatic heterocycles. The zero-order valence-electron chi connectivity index (χ0n) is 12.1. The summed E-state index contributed by atoms with van der Waals surface area (Å²) in [6, 6.07) is 7.63. The van der Waals surface area contributed by atoms with Gasteiger partial charge in [0, 0.05) is 27.6 Å². The Morgan fingerprint density at radius 2 is 2.10 bits per heavy atom. The third-order valence-electron chi connectivity index (χ3n) is 3.61. The molecule has 1 aromatic carbocycles. The van der Waals surface area contributed by atoms with Crippen LogP contribution in [0.5, 0.6) is 0 Å². The highest BCUT2D eigenvalue weighted by Gasteiger charge is 2.29. The van der Waals surface area contributed by atoms with Gasteiger partial charge in [-0.2, -0.15) is 11.8 Å². The summed E-state index contributed by atoms with van der Waals surface area (Å²) in [5.41, 5.74) is 6.55. The van der Waals surface area contributed by atoms with E-state index in [1.165, 1.54) is 11.8 Å². The van der Waals surface area contributed by atoms with Gasteiger partial charge in [0.2, 0.25) is 10.0 Å². The molecule has 21 heavy (non-hydrogen) atoms. The highest BCUT2D eigenvalue weighted by molar-refractivity contribution is 8.00. The Hall–Kier alpha value is -0.370. The van der Waals surface area contributed by atoms with Crippen molar-refractivity contribution in [3.05, 3.63) is 24.3 Å². The minimum absolute atomic E-state index is 0.0943. The maximum Gasteiger partial charge on any atom is 0.212 e. The Labute approximate surface area is 135 Å². The lowest BCUT2D eigenvalue weighted by Gasteiger charge is -2.19. The van der Waals surface area contributed by atoms with Gasteiger partial charge >= 0.3 is 0 Å². The van der Waals surface area contributed by atoms with Crippen LogP contribution in [0.3, 0.4) is 0 Å². The number of nitrogens with one attached hydrogen (secondary N) is 1. The predicted molar refractivity (Wildman–Crippen MR) is 93.4 cm³/mol. The van der Waals surface area contributed by atoms with Crippen LogP contribution < -0.4 is 10.5 Å². The van der Waals surface area contributed by atoms with Crippen molar-refractivity contribution in [1.82, 2.24) is 4.72 Å². The zero-order valence-corrected chi connectivity index (χ0v) is 14.6. The first kappa shape index (κ1) is 17.0. The minimum Gasteiger partial charge on any atom is -0.398 e. The largest absolute Gasteiger partial charge is 0.398 e. The number of benzene rings is 1. The topological polar surface area (TPSA) is 72.2 Å². The summed E-state index contributed by atoms with van der Waals surface area (Å²) in [6.07, 6.45) is 5.20. The number of thioether (sulfide) groups is 2. The molecule has 7 heteroatoms. The number of hydrogen-bond acceptors (Lipinski definition) is 5. The van der Waals surface area contributed by atoms with Crippen molar-refractivity contribution in [2.24, 2.45) is 0 Å². The lowest BCUT2D eigenvalue weighted by Crippen LogP contribution is -2.40. The molecule has 2 unspecified atom stereocenters. The molecule has 1 saturated carbocycles. The van der Waals surface area contributed by atoms with Crippen molar-refractivity contribution in [3.63, 3.8) is 0 Å². The maximum atomic E-state index is 12.2. The molecule has 0 aromatic heterocycles. The second-order valence-electron chi connectivity index (χ2n) is 5.13. The number of nitrogen functional groups attached to an aromatic ring is 1. The van der Waals surface area contributed by atoms with E-state index in [2.05, 4.69) is 4.72 Å². The van der Waals surface area contributed by atoms with Crippen molar-refractivity contribution in [2.75, 3.05) is 23.5 Å². The van der Waals surface area contributed by atoms with Gasteiger partial charge in [-0.1, -0.05) is 18.6 Å². The molecular weight excluding hydrogens is 324 g/mol. The highest BCUT2D eigenvalue weighted by atomic mass is 32.2. The third-order valence-corrected chi connectivity index (χ3v) is 7.54. The Kier molecular flexibility index (Phi) is 6.28. The molecule has 118 valence electrons. The molecule has 0 radical (unpaired) electrons. The number of hydrogen-bond donors (Lipinski definition) is 2. The molecule has 0 amide bonds. The van der Waals surface area contributed by atoms with E-state index in [1.54, 1.807) is 11.8 Å². The average Bonchev–Trinajstić information content (AvgIpc) is 2.87. The van der Waals surface area contributed by atoms with Crippen molar-refractivity contribution in [3.8, 4) is 0 Å². The van der Waals surface area contributed by atoms with Crippen LogP contribution in [0.15, 0.2) is 29.2 Å². The van der Waals surface area contributed by atoms with Gasteiger partial charge in [-0.15, -0.1) is 11.8 Å². The zero-order chi connectivity index (χ0) is 15.3. The van der Waals surface area contributed by atoms with Gasteiger partial charge < -0.3 is 5.73 Å². The molecule has 1 aliphatic rings. The van der Waals surface area contributed by atoms with E-state index in [4.69, 9.17) is 5.73 Å². The predicted octanol–water partition coefficient (Wildman–Crippen LogP) is 2.56. The third kappa shape index (κ3) is 5.09. The van der Waals surface area contributed by atoms with Crippen LogP contribution in [0.4, 0.5) is 5.69 Å². The van der Waals surface area contributed by atoms with Gasteiger partial charge in [0.15, 0.2) is 0 Å². The summed E-state index contributed by atoms with van der Waals surface area (Å²) in [6.45, 7) is 0. The first-order chi connectivity index (χ1) is 10.0. The van der Waals surface area contributed by atoms with Crippen molar-refractivity contribution in [2.45, 2.75) is 35.4 Å². The first-order valence-electron chi connectivity index (χ1n) is 7.02. The quantitative estimate of drug-likeness (QED) is 0.586. The van der Waals surface area contributed by atoms with Crippen LogP contribution in [0.2, 0.25) is 0 Å². The van der Waals surface area contributed by atoms with Gasteiger partial charge in [0.25, 0.3) is 0 Å².